The van der Waals surface area contributed by atoms with E-state index >= 15 is 0 Å². The number of rotatable bonds is 4. The minimum atomic E-state index is -0.0782. The molecule has 10 heteroatoms. The molecular formula is C19H17ClN8S. The lowest BCUT2D eigenvalue weighted by Gasteiger charge is -2.21. The van der Waals surface area contributed by atoms with E-state index in [1.165, 1.54) is 6.33 Å². The predicted octanol–water partition coefficient (Wildman–Crippen LogP) is 4.40. The van der Waals surface area contributed by atoms with E-state index in [0.29, 0.717) is 16.5 Å². The van der Waals surface area contributed by atoms with Gasteiger partial charge in [-0.1, -0.05) is 35.5 Å². The average molecular weight is 425 g/mol. The number of anilines is 1. The number of halogens is 1. The van der Waals surface area contributed by atoms with Crippen molar-refractivity contribution in [2.45, 2.75) is 25.3 Å². The minimum Gasteiger partial charge on any atom is -0.362 e. The first-order valence-corrected chi connectivity index (χ1v) is 10.3. The summed E-state index contributed by atoms with van der Waals surface area (Å²) < 4.78 is 0. The van der Waals surface area contributed by atoms with Crippen molar-refractivity contribution in [3.8, 4) is 0 Å². The van der Waals surface area contributed by atoms with Crippen LogP contribution < -0.4 is 10.7 Å². The highest BCUT2D eigenvalue weighted by atomic mass is 35.5. The number of fused-ring (bicyclic) bond motifs is 2. The van der Waals surface area contributed by atoms with Gasteiger partial charge in [0, 0.05) is 5.39 Å². The molecule has 3 aromatic heterocycles. The largest absolute Gasteiger partial charge is 0.362 e. The molecule has 0 bridgehead atoms. The van der Waals surface area contributed by atoms with Gasteiger partial charge in [-0.3, -0.25) is 5.43 Å². The Labute approximate surface area is 175 Å². The number of benzene rings is 1. The summed E-state index contributed by atoms with van der Waals surface area (Å²) in [5.41, 5.74) is 7.28. The highest BCUT2D eigenvalue weighted by molar-refractivity contribution is 8.14. The zero-order valence-electron chi connectivity index (χ0n) is 15.6. The lowest BCUT2D eigenvalue weighted by atomic mass is 10.0. The van der Waals surface area contributed by atoms with E-state index in [4.69, 9.17) is 16.6 Å². The summed E-state index contributed by atoms with van der Waals surface area (Å²) in [6.45, 7) is 4.05. The third-order valence-corrected chi connectivity index (χ3v) is 6.08. The molecule has 0 fully saturated rings. The molecule has 146 valence electrons. The quantitative estimate of drug-likeness (QED) is 0.446. The van der Waals surface area contributed by atoms with Gasteiger partial charge in [-0.15, -0.1) is 0 Å². The summed E-state index contributed by atoms with van der Waals surface area (Å²) in [6.07, 6.45) is 3.11. The van der Waals surface area contributed by atoms with Gasteiger partial charge in [0.15, 0.2) is 11.5 Å². The van der Waals surface area contributed by atoms with E-state index in [0.717, 1.165) is 32.7 Å². The Balaban J connectivity index is 1.59. The molecule has 4 heterocycles. The maximum atomic E-state index is 6.42. The highest BCUT2D eigenvalue weighted by Crippen LogP contribution is 2.37. The molecule has 2 atom stereocenters. The lowest BCUT2D eigenvalue weighted by Crippen LogP contribution is -2.17. The Morgan fingerprint density at radius 1 is 1.24 bits per heavy atom. The number of pyridine rings is 1. The molecule has 1 aliphatic rings. The van der Waals surface area contributed by atoms with Crippen molar-refractivity contribution < 1.29 is 0 Å². The summed E-state index contributed by atoms with van der Waals surface area (Å²) in [5.74, 6) is 0.691. The summed E-state index contributed by atoms with van der Waals surface area (Å²) >= 11 is 8.06. The maximum absolute atomic E-state index is 6.42. The van der Waals surface area contributed by atoms with Crippen LogP contribution in [-0.4, -0.2) is 30.0 Å². The second kappa shape index (κ2) is 7.16. The van der Waals surface area contributed by atoms with Gasteiger partial charge in [0.2, 0.25) is 0 Å². The van der Waals surface area contributed by atoms with Crippen LogP contribution in [0.5, 0.6) is 0 Å². The normalized spacial score (nSPS) is 17.3. The van der Waals surface area contributed by atoms with Gasteiger partial charge in [0.25, 0.3) is 0 Å². The number of hydrogen-bond donors (Lipinski definition) is 3. The number of para-hydroxylation sites is 1. The monoisotopic (exact) mass is 424 g/mol. The molecule has 1 aromatic carbocycles. The van der Waals surface area contributed by atoms with Crippen LogP contribution in [-0.2, 0) is 0 Å². The van der Waals surface area contributed by atoms with Crippen molar-refractivity contribution in [1.29, 1.82) is 0 Å². The minimum absolute atomic E-state index is 0.0764. The topological polar surface area (TPSA) is 104 Å². The number of nitrogens with zero attached hydrogens (tertiary/aromatic N) is 5. The fraction of sp³-hybridized carbons (Fsp3) is 0.211. The van der Waals surface area contributed by atoms with Crippen LogP contribution >= 0.6 is 23.4 Å². The maximum Gasteiger partial charge on any atom is 0.182 e. The van der Waals surface area contributed by atoms with Crippen LogP contribution in [0.2, 0.25) is 5.02 Å². The molecule has 0 aliphatic carbocycles. The Bertz CT molecular complexity index is 1250. The van der Waals surface area contributed by atoms with Crippen molar-refractivity contribution in [2.75, 3.05) is 5.32 Å². The van der Waals surface area contributed by atoms with Crippen LogP contribution in [0.1, 0.15) is 36.5 Å². The van der Waals surface area contributed by atoms with Crippen LogP contribution in [0, 0.1) is 0 Å². The van der Waals surface area contributed by atoms with Crippen molar-refractivity contribution >= 4 is 56.3 Å². The van der Waals surface area contributed by atoms with E-state index in [1.54, 1.807) is 18.1 Å². The molecule has 1 unspecified atom stereocenters. The van der Waals surface area contributed by atoms with Crippen LogP contribution in [0.3, 0.4) is 0 Å². The lowest BCUT2D eigenvalue weighted by molar-refractivity contribution is 0.706. The zero-order chi connectivity index (χ0) is 20.0. The Morgan fingerprint density at radius 3 is 2.97 bits per heavy atom. The van der Waals surface area contributed by atoms with E-state index < -0.39 is 0 Å². The first-order valence-electron chi connectivity index (χ1n) is 9.06. The number of aromatic nitrogens is 5. The molecule has 0 radical (unpaired) electrons. The second-order valence-electron chi connectivity index (χ2n) is 6.72. The highest BCUT2D eigenvalue weighted by Gasteiger charge is 2.26. The number of nitrogens with one attached hydrogen (secondary N) is 3. The Morgan fingerprint density at radius 2 is 2.14 bits per heavy atom. The predicted molar refractivity (Wildman–Crippen MR) is 117 cm³/mol. The Kier molecular flexibility index (Phi) is 4.48. The third kappa shape index (κ3) is 3.26. The van der Waals surface area contributed by atoms with E-state index in [1.807, 2.05) is 25.1 Å². The van der Waals surface area contributed by atoms with Gasteiger partial charge >= 0.3 is 0 Å². The molecule has 3 N–H and O–H groups in total. The standard InChI is InChI=1S/C19H17ClN8S/c1-9(25-18-16-17(22-7-21-16)23-8-24-18)12-6-11-4-3-5-13(20)14(11)26-15(12)19-28-27-10(2)29-19/h3-9,19,28H,1-2H3,(H2,21,22,23,24,25)/t9-,19?/m0/s1. The van der Waals surface area contributed by atoms with Crippen LogP contribution in [0.15, 0.2) is 42.0 Å². The van der Waals surface area contributed by atoms with E-state index in [2.05, 4.69) is 48.8 Å². The SMILES string of the molecule is CC1=NNC(c2nc3c(Cl)cccc3cc2[C@H](C)Nc2ncnc3nc[nH]c23)S1. The molecule has 4 aromatic rings. The molecule has 0 amide bonds. The van der Waals surface area contributed by atoms with Gasteiger partial charge in [0.05, 0.1) is 33.6 Å². The summed E-state index contributed by atoms with van der Waals surface area (Å²) in [5, 5.41) is 10.3. The van der Waals surface area contributed by atoms with Gasteiger partial charge in [-0.2, -0.15) is 5.10 Å². The van der Waals surface area contributed by atoms with Crippen LogP contribution in [0.25, 0.3) is 22.1 Å². The molecule has 0 saturated heterocycles. The molecule has 1 aliphatic heterocycles. The molecule has 8 nitrogen and oxygen atoms in total. The fourth-order valence-corrected chi connectivity index (χ4v) is 4.47. The van der Waals surface area contributed by atoms with Gasteiger partial charge in [-0.25, -0.2) is 19.9 Å². The average Bonchev–Trinajstić information content (AvgIpc) is 3.37. The number of H-pyrrole nitrogens is 1. The number of aromatic amines is 1. The second-order valence-corrected chi connectivity index (χ2v) is 8.43. The third-order valence-electron chi connectivity index (χ3n) is 4.78. The number of hydrazone groups is 1. The summed E-state index contributed by atoms with van der Waals surface area (Å²) in [7, 11) is 0. The van der Waals surface area contributed by atoms with Crippen molar-refractivity contribution in [3.05, 3.63) is 53.2 Å². The van der Waals surface area contributed by atoms with Crippen molar-refractivity contribution in [2.24, 2.45) is 5.10 Å². The number of thioether (sulfide) groups is 1. The van der Waals surface area contributed by atoms with Gasteiger partial charge < -0.3 is 10.3 Å². The molecular weight excluding hydrogens is 408 g/mol. The van der Waals surface area contributed by atoms with Crippen LogP contribution in [0.4, 0.5) is 5.82 Å². The molecule has 0 spiro atoms. The van der Waals surface area contributed by atoms with Gasteiger partial charge in [-0.05, 0) is 31.5 Å². The first-order chi connectivity index (χ1) is 14.1. The molecule has 29 heavy (non-hydrogen) atoms. The smallest absolute Gasteiger partial charge is 0.182 e. The summed E-state index contributed by atoms with van der Waals surface area (Å²) in [4.78, 5) is 20.8. The van der Waals surface area contributed by atoms with E-state index in [9.17, 15) is 0 Å². The van der Waals surface area contributed by atoms with E-state index in [-0.39, 0.29) is 11.4 Å². The van der Waals surface area contributed by atoms with Crippen molar-refractivity contribution in [1.82, 2.24) is 30.3 Å². The first kappa shape index (κ1) is 18.1. The summed E-state index contributed by atoms with van der Waals surface area (Å²) in [6, 6.07) is 7.85. The zero-order valence-corrected chi connectivity index (χ0v) is 17.2. The molecule has 0 saturated carbocycles. The van der Waals surface area contributed by atoms with Gasteiger partial charge in [0.1, 0.15) is 17.2 Å². The fourth-order valence-electron chi connectivity index (χ4n) is 3.40. The number of hydrogen-bond acceptors (Lipinski definition) is 8. The Hall–Kier alpha value is -2.91. The van der Waals surface area contributed by atoms with Crippen molar-refractivity contribution in [3.63, 3.8) is 0 Å². The number of imidazole rings is 1. The molecule has 5 rings (SSSR count).